The van der Waals surface area contributed by atoms with E-state index in [2.05, 4.69) is 5.32 Å². The number of hydrogen-bond donors (Lipinski definition) is 1. The monoisotopic (exact) mass is 284 g/mol. The molecule has 1 aromatic carbocycles. The van der Waals surface area contributed by atoms with Gasteiger partial charge in [0.25, 0.3) is 5.91 Å². The number of amides is 1. The van der Waals surface area contributed by atoms with Crippen molar-refractivity contribution in [1.29, 1.82) is 0 Å². The van der Waals surface area contributed by atoms with Crippen molar-refractivity contribution < 1.29 is 9.21 Å². The van der Waals surface area contributed by atoms with Crippen LogP contribution in [0.25, 0.3) is 11.1 Å². The van der Waals surface area contributed by atoms with Crippen LogP contribution in [0.1, 0.15) is 23.4 Å². The minimum atomic E-state index is -0.0150. The highest BCUT2D eigenvalue weighted by Gasteiger charge is 2.27. The normalized spacial score (nSPS) is 18.7. The predicted octanol–water partition coefficient (Wildman–Crippen LogP) is 2.77. The zero-order valence-corrected chi connectivity index (χ0v) is 12.2. The van der Waals surface area contributed by atoms with Crippen LogP contribution in [-0.4, -0.2) is 37.0 Å². The van der Waals surface area contributed by atoms with Gasteiger partial charge < -0.3 is 14.6 Å². The maximum atomic E-state index is 12.7. The van der Waals surface area contributed by atoms with Crippen LogP contribution in [0.4, 0.5) is 0 Å². The topological polar surface area (TPSA) is 45.5 Å². The van der Waals surface area contributed by atoms with Gasteiger partial charge in [-0.2, -0.15) is 0 Å². The van der Waals surface area contributed by atoms with Crippen molar-refractivity contribution >= 4 is 5.91 Å². The quantitative estimate of drug-likeness (QED) is 0.942. The first kappa shape index (κ1) is 13.9. The Hall–Kier alpha value is -2.07. The third-order valence-electron chi connectivity index (χ3n) is 4.06. The molecule has 1 atom stereocenters. The lowest BCUT2D eigenvalue weighted by atomic mass is 10.0. The van der Waals surface area contributed by atoms with Crippen molar-refractivity contribution in [3.8, 4) is 11.1 Å². The number of nitrogens with zero attached hydrogens (tertiary/aromatic N) is 1. The maximum absolute atomic E-state index is 12.7. The van der Waals surface area contributed by atoms with E-state index < -0.39 is 0 Å². The zero-order chi connectivity index (χ0) is 14.7. The van der Waals surface area contributed by atoms with E-state index in [1.807, 2.05) is 48.3 Å². The Morgan fingerprint density at radius 2 is 2.10 bits per heavy atom. The first-order chi connectivity index (χ1) is 10.3. The Labute approximate surface area is 124 Å². The van der Waals surface area contributed by atoms with Crippen molar-refractivity contribution in [3.05, 3.63) is 48.4 Å². The molecule has 1 aliphatic heterocycles. The Kier molecular flexibility index (Phi) is 4.06. The predicted molar refractivity (Wildman–Crippen MR) is 82.1 cm³/mol. The highest BCUT2D eigenvalue weighted by atomic mass is 16.3. The number of hydrogen-bond acceptors (Lipinski definition) is 3. The Morgan fingerprint density at radius 1 is 1.29 bits per heavy atom. The van der Waals surface area contributed by atoms with Crippen molar-refractivity contribution in [2.45, 2.75) is 18.9 Å². The van der Waals surface area contributed by atoms with Crippen LogP contribution in [-0.2, 0) is 0 Å². The molecule has 0 saturated carbocycles. The lowest BCUT2D eigenvalue weighted by Gasteiger charge is -2.32. The van der Waals surface area contributed by atoms with Crippen LogP contribution in [0.15, 0.2) is 47.1 Å². The molecule has 4 heteroatoms. The van der Waals surface area contributed by atoms with E-state index in [1.165, 1.54) is 0 Å². The molecule has 3 rings (SSSR count). The van der Waals surface area contributed by atoms with Crippen molar-refractivity contribution in [1.82, 2.24) is 10.2 Å². The maximum Gasteiger partial charge on any atom is 0.290 e. The number of piperidine rings is 1. The van der Waals surface area contributed by atoms with Crippen LogP contribution in [0.3, 0.4) is 0 Å². The number of carbonyl (C=O) groups is 1. The molecule has 2 aromatic rings. The van der Waals surface area contributed by atoms with Crippen LogP contribution in [0.2, 0.25) is 0 Å². The summed E-state index contributed by atoms with van der Waals surface area (Å²) in [5.74, 6) is 0.428. The molecular formula is C17H20N2O2. The molecule has 0 bridgehead atoms. The van der Waals surface area contributed by atoms with E-state index in [0.29, 0.717) is 11.8 Å². The van der Waals surface area contributed by atoms with E-state index in [0.717, 1.165) is 37.1 Å². The fourth-order valence-corrected chi connectivity index (χ4v) is 2.86. The molecule has 0 aliphatic carbocycles. The summed E-state index contributed by atoms with van der Waals surface area (Å²) in [5, 5.41) is 3.26. The Bertz CT molecular complexity index is 606. The SMILES string of the molecule is CNC1CCCN(C(=O)c2occc2-c2ccccc2)C1. The molecule has 1 saturated heterocycles. The average molecular weight is 284 g/mol. The summed E-state index contributed by atoms with van der Waals surface area (Å²) in [6.07, 6.45) is 3.73. The molecule has 1 fully saturated rings. The molecule has 4 nitrogen and oxygen atoms in total. The molecule has 1 aliphatic rings. The fraction of sp³-hybridized carbons (Fsp3) is 0.353. The second kappa shape index (κ2) is 6.14. The number of carbonyl (C=O) groups excluding carboxylic acids is 1. The van der Waals surface area contributed by atoms with Gasteiger partial charge in [-0.15, -0.1) is 0 Å². The van der Waals surface area contributed by atoms with Gasteiger partial charge in [0.05, 0.1) is 6.26 Å². The third-order valence-corrected chi connectivity index (χ3v) is 4.06. The number of likely N-dealkylation sites (N-methyl/N-ethyl adjacent to an activating group) is 1. The number of nitrogens with one attached hydrogen (secondary N) is 1. The van der Waals surface area contributed by atoms with E-state index in [4.69, 9.17) is 4.42 Å². The molecular weight excluding hydrogens is 264 g/mol. The van der Waals surface area contributed by atoms with Crippen molar-refractivity contribution in [2.24, 2.45) is 0 Å². The third kappa shape index (κ3) is 2.85. The number of rotatable bonds is 3. The van der Waals surface area contributed by atoms with Gasteiger partial charge in [-0.25, -0.2) is 0 Å². The summed E-state index contributed by atoms with van der Waals surface area (Å²) in [5.41, 5.74) is 1.88. The van der Waals surface area contributed by atoms with E-state index in [9.17, 15) is 4.79 Å². The first-order valence-corrected chi connectivity index (χ1v) is 7.39. The second-order valence-corrected chi connectivity index (χ2v) is 5.41. The van der Waals surface area contributed by atoms with E-state index in [-0.39, 0.29) is 5.91 Å². The molecule has 21 heavy (non-hydrogen) atoms. The van der Waals surface area contributed by atoms with Crippen LogP contribution < -0.4 is 5.32 Å². The summed E-state index contributed by atoms with van der Waals surface area (Å²) in [4.78, 5) is 14.6. The summed E-state index contributed by atoms with van der Waals surface area (Å²) < 4.78 is 5.49. The molecule has 110 valence electrons. The minimum absolute atomic E-state index is 0.0150. The number of benzene rings is 1. The smallest absolute Gasteiger partial charge is 0.290 e. The molecule has 1 N–H and O–H groups in total. The number of likely N-dealkylation sites (tertiary alicyclic amines) is 1. The fourth-order valence-electron chi connectivity index (χ4n) is 2.86. The van der Waals surface area contributed by atoms with Crippen LogP contribution >= 0.6 is 0 Å². The second-order valence-electron chi connectivity index (χ2n) is 5.41. The van der Waals surface area contributed by atoms with Gasteiger partial charge in [0, 0.05) is 24.7 Å². The standard InChI is InChI=1S/C17H20N2O2/c1-18-14-8-5-10-19(12-14)17(20)16-15(9-11-21-16)13-6-3-2-4-7-13/h2-4,6-7,9,11,14,18H,5,8,10,12H2,1H3. The highest BCUT2D eigenvalue weighted by molar-refractivity contribution is 5.98. The van der Waals surface area contributed by atoms with Gasteiger partial charge in [-0.1, -0.05) is 30.3 Å². The molecule has 2 heterocycles. The van der Waals surface area contributed by atoms with E-state index >= 15 is 0 Å². The summed E-state index contributed by atoms with van der Waals surface area (Å²) in [7, 11) is 1.95. The molecule has 1 amide bonds. The van der Waals surface area contributed by atoms with Gasteiger partial charge in [0.15, 0.2) is 5.76 Å². The zero-order valence-electron chi connectivity index (χ0n) is 12.2. The molecule has 0 spiro atoms. The first-order valence-electron chi connectivity index (χ1n) is 7.39. The summed E-state index contributed by atoms with van der Waals surface area (Å²) >= 11 is 0. The van der Waals surface area contributed by atoms with Crippen molar-refractivity contribution in [3.63, 3.8) is 0 Å². The van der Waals surface area contributed by atoms with Crippen molar-refractivity contribution in [2.75, 3.05) is 20.1 Å². The van der Waals surface area contributed by atoms with E-state index in [1.54, 1.807) is 6.26 Å². The minimum Gasteiger partial charge on any atom is -0.459 e. The summed E-state index contributed by atoms with van der Waals surface area (Å²) in [6, 6.07) is 12.1. The van der Waals surface area contributed by atoms with Gasteiger partial charge in [0.1, 0.15) is 0 Å². The molecule has 1 unspecified atom stereocenters. The van der Waals surface area contributed by atoms with Crippen LogP contribution in [0.5, 0.6) is 0 Å². The largest absolute Gasteiger partial charge is 0.459 e. The lowest BCUT2D eigenvalue weighted by Crippen LogP contribution is -2.46. The highest BCUT2D eigenvalue weighted by Crippen LogP contribution is 2.26. The molecule has 1 aromatic heterocycles. The average Bonchev–Trinajstić information content (AvgIpc) is 3.04. The lowest BCUT2D eigenvalue weighted by molar-refractivity contribution is 0.0667. The molecule has 0 radical (unpaired) electrons. The van der Waals surface area contributed by atoms with Gasteiger partial charge in [-0.3, -0.25) is 4.79 Å². The van der Waals surface area contributed by atoms with Gasteiger partial charge in [0.2, 0.25) is 0 Å². The Morgan fingerprint density at radius 3 is 2.86 bits per heavy atom. The van der Waals surface area contributed by atoms with Gasteiger partial charge >= 0.3 is 0 Å². The summed E-state index contributed by atoms with van der Waals surface area (Å²) in [6.45, 7) is 1.54. The van der Waals surface area contributed by atoms with Gasteiger partial charge in [-0.05, 0) is 31.5 Å². The van der Waals surface area contributed by atoms with Crippen LogP contribution in [0, 0.1) is 0 Å². The number of furan rings is 1. The Balaban J connectivity index is 1.84.